The summed E-state index contributed by atoms with van der Waals surface area (Å²) in [4.78, 5) is 25.2. The second kappa shape index (κ2) is 7.51. The molecule has 23 heavy (non-hydrogen) atoms. The summed E-state index contributed by atoms with van der Waals surface area (Å²) in [7, 11) is 0. The van der Waals surface area contributed by atoms with Gasteiger partial charge in [0.25, 0.3) is 5.91 Å². The van der Waals surface area contributed by atoms with Crippen molar-refractivity contribution in [2.75, 3.05) is 19.6 Å². The van der Waals surface area contributed by atoms with Crippen LogP contribution in [0, 0.1) is 0 Å². The molecule has 1 atom stereocenters. The van der Waals surface area contributed by atoms with Crippen LogP contribution < -0.4 is 5.32 Å². The molecule has 5 nitrogen and oxygen atoms in total. The number of carbonyl (C=O) groups is 2. The number of hydrogen-bond acceptors (Lipinski definition) is 3. The molecule has 0 radical (unpaired) electrons. The second-order valence-electron chi connectivity index (χ2n) is 5.83. The lowest BCUT2D eigenvalue weighted by Gasteiger charge is -2.37. The third-order valence-electron chi connectivity index (χ3n) is 4.02. The van der Waals surface area contributed by atoms with Crippen molar-refractivity contribution in [3.05, 3.63) is 33.8 Å². The van der Waals surface area contributed by atoms with Gasteiger partial charge in [-0.15, -0.1) is 0 Å². The van der Waals surface area contributed by atoms with Gasteiger partial charge in [-0.25, -0.2) is 0 Å². The maximum Gasteiger partial charge on any atom is 0.253 e. The summed E-state index contributed by atoms with van der Waals surface area (Å²) >= 11 is 11.8. The van der Waals surface area contributed by atoms with Gasteiger partial charge in [-0.05, 0) is 37.0 Å². The molecule has 0 unspecified atom stereocenters. The Labute approximate surface area is 145 Å². The summed E-state index contributed by atoms with van der Waals surface area (Å²) in [6, 6.07) is 5.30. The van der Waals surface area contributed by atoms with Gasteiger partial charge in [0.2, 0.25) is 5.91 Å². The second-order valence-corrected chi connectivity index (χ2v) is 6.64. The van der Waals surface area contributed by atoms with Crippen molar-refractivity contribution < 1.29 is 14.7 Å². The minimum absolute atomic E-state index is 0.0426. The van der Waals surface area contributed by atoms with Crippen molar-refractivity contribution in [1.29, 1.82) is 0 Å². The molecule has 2 amide bonds. The molecule has 2 rings (SSSR count). The molecular formula is C16H20Cl2N2O3. The van der Waals surface area contributed by atoms with E-state index in [0.717, 1.165) is 5.56 Å². The van der Waals surface area contributed by atoms with Gasteiger partial charge in [-0.1, -0.05) is 29.3 Å². The van der Waals surface area contributed by atoms with Crippen LogP contribution >= 0.6 is 23.2 Å². The number of rotatable bonds is 4. The van der Waals surface area contributed by atoms with Gasteiger partial charge >= 0.3 is 0 Å². The van der Waals surface area contributed by atoms with Crippen molar-refractivity contribution >= 4 is 35.0 Å². The molecule has 0 bridgehead atoms. The summed E-state index contributed by atoms with van der Waals surface area (Å²) in [5, 5.41) is 14.2. The average Bonchev–Trinajstić information content (AvgIpc) is 2.50. The molecule has 7 heteroatoms. The van der Waals surface area contributed by atoms with Gasteiger partial charge < -0.3 is 15.3 Å². The highest BCUT2D eigenvalue weighted by Crippen LogP contribution is 2.23. The van der Waals surface area contributed by atoms with E-state index >= 15 is 0 Å². The number of benzene rings is 1. The fourth-order valence-electron chi connectivity index (χ4n) is 2.67. The summed E-state index contributed by atoms with van der Waals surface area (Å²) in [5.74, 6) is -0.574. The maximum atomic E-state index is 12.3. The van der Waals surface area contributed by atoms with E-state index in [2.05, 4.69) is 5.32 Å². The molecule has 1 heterocycles. The lowest BCUT2D eigenvalue weighted by atomic mass is 9.91. The van der Waals surface area contributed by atoms with Crippen LogP contribution in [0.1, 0.15) is 25.3 Å². The van der Waals surface area contributed by atoms with Crippen molar-refractivity contribution in [1.82, 2.24) is 10.2 Å². The molecular weight excluding hydrogens is 339 g/mol. The van der Waals surface area contributed by atoms with E-state index in [-0.39, 0.29) is 12.5 Å². The first-order valence-corrected chi connectivity index (χ1v) is 8.27. The fraction of sp³-hybridized carbons (Fsp3) is 0.500. The van der Waals surface area contributed by atoms with E-state index in [9.17, 15) is 14.7 Å². The van der Waals surface area contributed by atoms with E-state index in [1.165, 1.54) is 11.8 Å². The normalized spacial score (nSPS) is 21.1. The van der Waals surface area contributed by atoms with Gasteiger partial charge in [0.15, 0.2) is 5.60 Å². The number of β-amino-alcohol motifs (C(OH)–C–C–N with tert-alkyl or cyclic N) is 1. The highest BCUT2D eigenvalue weighted by Gasteiger charge is 2.40. The standard InChI is InChI=1S/C16H20Cl2N2O3/c1-11(21)20-8-2-6-16(23,10-20)15(22)19-7-5-12-3-4-13(17)14(18)9-12/h3-4,9,23H,2,5-8,10H2,1H3,(H,19,22)/t16-/m0/s1. The van der Waals surface area contributed by atoms with Crippen LogP contribution in [0.4, 0.5) is 0 Å². The maximum absolute atomic E-state index is 12.3. The molecule has 1 aliphatic rings. The van der Waals surface area contributed by atoms with Gasteiger partial charge in [0.05, 0.1) is 16.6 Å². The van der Waals surface area contributed by atoms with Crippen LogP contribution in [0.25, 0.3) is 0 Å². The Morgan fingerprint density at radius 3 is 2.74 bits per heavy atom. The number of aliphatic hydroxyl groups is 1. The zero-order chi connectivity index (χ0) is 17.0. The van der Waals surface area contributed by atoms with Crippen molar-refractivity contribution in [2.24, 2.45) is 0 Å². The van der Waals surface area contributed by atoms with E-state index in [1.54, 1.807) is 12.1 Å². The van der Waals surface area contributed by atoms with Gasteiger partial charge in [-0.2, -0.15) is 0 Å². The Kier molecular flexibility index (Phi) is 5.89. The van der Waals surface area contributed by atoms with E-state index in [4.69, 9.17) is 23.2 Å². The number of piperidine rings is 1. The van der Waals surface area contributed by atoms with Crippen molar-refractivity contribution in [3.8, 4) is 0 Å². The molecule has 1 aromatic carbocycles. The Hall–Kier alpha value is -1.30. The smallest absolute Gasteiger partial charge is 0.253 e. The van der Waals surface area contributed by atoms with E-state index < -0.39 is 11.5 Å². The molecule has 1 aliphatic heterocycles. The Balaban J connectivity index is 1.88. The highest BCUT2D eigenvalue weighted by molar-refractivity contribution is 6.42. The monoisotopic (exact) mass is 358 g/mol. The van der Waals surface area contributed by atoms with Crippen molar-refractivity contribution in [2.45, 2.75) is 31.8 Å². The number of nitrogens with zero attached hydrogens (tertiary/aromatic N) is 1. The summed E-state index contributed by atoms with van der Waals surface area (Å²) < 4.78 is 0. The van der Waals surface area contributed by atoms with Gasteiger partial charge in [0.1, 0.15) is 0 Å². The number of amides is 2. The van der Waals surface area contributed by atoms with E-state index in [1.807, 2.05) is 6.07 Å². The first-order chi connectivity index (χ1) is 10.8. The molecule has 0 aliphatic carbocycles. The first-order valence-electron chi connectivity index (χ1n) is 7.52. The predicted molar refractivity (Wildman–Crippen MR) is 89.6 cm³/mol. The molecule has 0 aromatic heterocycles. The number of carbonyl (C=O) groups excluding carboxylic acids is 2. The minimum Gasteiger partial charge on any atom is -0.378 e. The molecule has 126 valence electrons. The quantitative estimate of drug-likeness (QED) is 0.864. The largest absolute Gasteiger partial charge is 0.378 e. The molecule has 1 aromatic rings. The lowest BCUT2D eigenvalue weighted by molar-refractivity contribution is -0.150. The van der Waals surface area contributed by atoms with Crippen LogP contribution in [0.5, 0.6) is 0 Å². The number of likely N-dealkylation sites (tertiary alicyclic amines) is 1. The highest BCUT2D eigenvalue weighted by atomic mass is 35.5. The molecule has 0 spiro atoms. The zero-order valence-electron chi connectivity index (χ0n) is 12.9. The Morgan fingerprint density at radius 1 is 1.35 bits per heavy atom. The van der Waals surface area contributed by atoms with Gasteiger partial charge in [0, 0.05) is 20.0 Å². The third kappa shape index (κ3) is 4.59. The summed E-state index contributed by atoms with van der Waals surface area (Å²) in [6.45, 7) is 2.43. The molecule has 2 N–H and O–H groups in total. The topological polar surface area (TPSA) is 69.6 Å². The number of hydrogen-bond donors (Lipinski definition) is 2. The van der Waals surface area contributed by atoms with E-state index in [0.29, 0.717) is 42.4 Å². The SMILES string of the molecule is CC(=O)N1CCC[C@@](O)(C(=O)NCCc2ccc(Cl)c(Cl)c2)C1. The Morgan fingerprint density at radius 2 is 2.09 bits per heavy atom. The molecule has 1 fully saturated rings. The third-order valence-corrected chi connectivity index (χ3v) is 4.76. The van der Waals surface area contributed by atoms with Crippen molar-refractivity contribution in [3.63, 3.8) is 0 Å². The average molecular weight is 359 g/mol. The number of halogens is 2. The lowest BCUT2D eigenvalue weighted by Crippen LogP contribution is -2.58. The van der Waals surface area contributed by atoms with Crippen LogP contribution in [0.3, 0.4) is 0 Å². The molecule has 1 saturated heterocycles. The van der Waals surface area contributed by atoms with Crippen LogP contribution in [0.2, 0.25) is 10.0 Å². The van der Waals surface area contributed by atoms with Gasteiger partial charge in [-0.3, -0.25) is 9.59 Å². The fourth-order valence-corrected chi connectivity index (χ4v) is 2.99. The predicted octanol–water partition coefficient (Wildman–Crippen LogP) is 2.03. The summed E-state index contributed by atoms with van der Waals surface area (Å²) in [6.07, 6.45) is 1.54. The summed E-state index contributed by atoms with van der Waals surface area (Å²) in [5.41, 5.74) is -0.567. The number of nitrogens with one attached hydrogen (secondary N) is 1. The van der Waals surface area contributed by atoms with Crippen LogP contribution in [0.15, 0.2) is 18.2 Å². The van der Waals surface area contributed by atoms with Crippen LogP contribution in [-0.4, -0.2) is 47.1 Å². The van der Waals surface area contributed by atoms with Crippen LogP contribution in [-0.2, 0) is 16.0 Å². The zero-order valence-corrected chi connectivity index (χ0v) is 14.5. The Bertz CT molecular complexity index is 609. The molecule has 0 saturated carbocycles. The minimum atomic E-state index is -1.51. The first kappa shape index (κ1) is 18.0.